The van der Waals surface area contributed by atoms with Crippen LogP contribution in [0, 0.1) is 0 Å². The van der Waals surface area contributed by atoms with Crippen molar-refractivity contribution in [2.24, 2.45) is 0 Å². The van der Waals surface area contributed by atoms with Gasteiger partial charge in [-0.1, -0.05) is 6.92 Å². The Labute approximate surface area is 89.5 Å². The zero-order valence-electron chi connectivity index (χ0n) is 7.69. The standard InChI is InChI=1S/C6H8ClF2N3O2S/c1-2-3-12-5(4(8)9)10-11-6(12)15(7,13)14/h4H,2-3H2,1H3. The van der Waals surface area contributed by atoms with Gasteiger partial charge in [-0.05, 0) is 6.42 Å². The fourth-order valence-electron chi connectivity index (χ4n) is 1.08. The molecule has 0 bridgehead atoms. The Morgan fingerprint density at radius 2 is 2.07 bits per heavy atom. The molecule has 15 heavy (non-hydrogen) atoms. The highest BCUT2D eigenvalue weighted by Crippen LogP contribution is 2.21. The molecule has 0 saturated heterocycles. The number of rotatable bonds is 4. The molecule has 1 aromatic rings. The van der Waals surface area contributed by atoms with Crippen molar-refractivity contribution in [3.63, 3.8) is 0 Å². The molecule has 9 heteroatoms. The lowest BCUT2D eigenvalue weighted by atomic mass is 10.4. The van der Waals surface area contributed by atoms with E-state index in [0.717, 1.165) is 4.57 Å². The van der Waals surface area contributed by atoms with Gasteiger partial charge in [-0.25, -0.2) is 17.2 Å². The maximum Gasteiger partial charge on any atom is 0.297 e. The maximum atomic E-state index is 12.4. The van der Waals surface area contributed by atoms with E-state index in [-0.39, 0.29) is 6.54 Å². The van der Waals surface area contributed by atoms with Crippen molar-refractivity contribution in [1.29, 1.82) is 0 Å². The lowest BCUT2D eigenvalue weighted by molar-refractivity contribution is 0.134. The molecule has 0 spiro atoms. The van der Waals surface area contributed by atoms with Gasteiger partial charge in [-0.15, -0.1) is 10.2 Å². The van der Waals surface area contributed by atoms with Gasteiger partial charge >= 0.3 is 0 Å². The van der Waals surface area contributed by atoms with Crippen molar-refractivity contribution >= 4 is 19.7 Å². The summed E-state index contributed by atoms with van der Waals surface area (Å²) >= 11 is 0. The van der Waals surface area contributed by atoms with Gasteiger partial charge in [0.05, 0.1) is 0 Å². The van der Waals surface area contributed by atoms with Gasteiger partial charge in [0.15, 0.2) is 0 Å². The number of alkyl halides is 2. The minimum Gasteiger partial charge on any atom is -0.296 e. The summed E-state index contributed by atoms with van der Waals surface area (Å²) in [5, 5.41) is 5.60. The molecule has 0 aliphatic rings. The molecule has 86 valence electrons. The van der Waals surface area contributed by atoms with Crippen LogP contribution >= 0.6 is 10.7 Å². The monoisotopic (exact) mass is 259 g/mol. The van der Waals surface area contributed by atoms with E-state index < -0.39 is 26.5 Å². The summed E-state index contributed by atoms with van der Waals surface area (Å²) in [5.41, 5.74) is 0. The SMILES string of the molecule is CCCn1c(C(F)F)nnc1S(=O)(=O)Cl. The minimum absolute atomic E-state index is 0.0773. The van der Waals surface area contributed by atoms with Crippen LogP contribution in [-0.2, 0) is 15.6 Å². The third-order valence-electron chi connectivity index (χ3n) is 1.61. The number of hydrogen-bond acceptors (Lipinski definition) is 4. The smallest absolute Gasteiger partial charge is 0.296 e. The molecule has 0 atom stereocenters. The van der Waals surface area contributed by atoms with Crippen LogP contribution in [0.2, 0.25) is 0 Å². The molecular weight excluding hydrogens is 252 g/mol. The molecule has 0 aliphatic carbocycles. The lowest BCUT2D eigenvalue weighted by Crippen LogP contribution is -2.09. The molecule has 0 unspecified atom stereocenters. The molecule has 5 nitrogen and oxygen atoms in total. The molecule has 1 heterocycles. The molecule has 0 aromatic carbocycles. The van der Waals surface area contributed by atoms with Crippen LogP contribution in [0.3, 0.4) is 0 Å². The first-order chi connectivity index (χ1) is 6.88. The second-order valence-corrected chi connectivity index (χ2v) is 5.19. The molecule has 1 rings (SSSR count). The molecule has 0 N–H and O–H groups in total. The van der Waals surface area contributed by atoms with E-state index in [4.69, 9.17) is 10.7 Å². The van der Waals surface area contributed by atoms with Gasteiger partial charge in [0, 0.05) is 17.2 Å². The van der Waals surface area contributed by atoms with E-state index >= 15 is 0 Å². The van der Waals surface area contributed by atoms with E-state index in [0.29, 0.717) is 6.42 Å². The first-order valence-electron chi connectivity index (χ1n) is 4.03. The lowest BCUT2D eigenvalue weighted by Gasteiger charge is -2.05. The fourth-order valence-corrected chi connectivity index (χ4v) is 2.00. The highest BCUT2D eigenvalue weighted by atomic mass is 35.7. The second-order valence-electron chi connectivity index (χ2n) is 2.73. The quantitative estimate of drug-likeness (QED) is 0.770. The minimum atomic E-state index is -4.14. The van der Waals surface area contributed by atoms with E-state index in [9.17, 15) is 17.2 Å². The van der Waals surface area contributed by atoms with Crippen molar-refractivity contribution in [2.75, 3.05) is 0 Å². The molecule has 0 aliphatic heterocycles. The van der Waals surface area contributed by atoms with Crippen LogP contribution < -0.4 is 0 Å². The van der Waals surface area contributed by atoms with Crippen LogP contribution in [0.5, 0.6) is 0 Å². The predicted molar refractivity (Wildman–Crippen MR) is 48.3 cm³/mol. The van der Waals surface area contributed by atoms with Gasteiger partial charge in [-0.3, -0.25) is 4.57 Å². The van der Waals surface area contributed by atoms with Crippen molar-refractivity contribution in [3.05, 3.63) is 5.82 Å². The zero-order valence-corrected chi connectivity index (χ0v) is 9.26. The van der Waals surface area contributed by atoms with Crippen molar-refractivity contribution in [1.82, 2.24) is 14.8 Å². The molecule has 1 aromatic heterocycles. The largest absolute Gasteiger partial charge is 0.297 e. The zero-order chi connectivity index (χ0) is 11.6. The summed E-state index contributed by atoms with van der Waals surface area (Å²) in [7, 11) is 0.881. The van der Waals surface area contributed by atoms with Crippen LogP contribution in [0.1, 0.15) is 25.6 Å². The molecule has 0 amide bonds. The summed E-state index contributed by atoms with van der Waals surface area (Å²) in [4.78, 5) is 0. The van der Waals surface area contributed by atoms with Crippen molar-refractivity contribution < 1.29 is 17.2 Å². The highest BCUT2D eigenvalue weighted by Gasteiger charge is 2.26. The summed E-state index contributed by atoms with van der Waals surface area (Å²) in [5.74, 6) is -0.684. The van der Waals surface area contributed by atoms with Crippen LogP contribution in [0.25, 0.3) is 0 Å². The third-order valence-corrected chi connectivity index (χ3v) is 2.76. The average molecular weight is 260 g/mol. The molecule has 0 radical (unpaired) electrons. The van der Waals surface area contributed by atoms with Crippen molar-refractivity contribution in [3.8, 4) is 0 Å². The Morgan fingerprint density at radius 1 is 1.47 bits per heavy atom. The molecular formula is C6H8ClF2N3O2S. The topological polar surface area (TPSA) is 64.8 Å². The Hall–Kier alpha value is -0.760. The van der Waals surface area contributed by atoms with Crippen LogP contribution in [-0.4, -0.2) is 23.2 Å². The second kappa shape index (κ2) is 4.40. The highest BCUT2D eigenvalue weighted by molar-refractivity contribution is 8.13. The van der Waals surface area contributed by atoms with E-state index in [1.165, 1.54) is 0 Å². The summed E-state index contributed by atoms with van der Waals surface area (Å²) in [6.45, 7) is 1.79. The Bertz CT molecular complexity index is 445. The van der Waals surface area contributed by atoms with Gasteiger partial charge < -0.3 is 0 Å². The Kier molecular flexibility index (Phi) is 3.61. The maximum absolute atomic E-state index is 12.4. The first-order valence-corrected chi connectivity index (χ1v) is 6.34. The predicted octanol–water partition coefficient (Wildman–Crippen LogP) is 1.55. The van der Waals surface area contributed by atoms with Crippen molar-refractivity contribution in [2.45, 2.75) is 31.5 Å². The Balaban J connectivity index is 3.30. The van der Waals surface area contributed by atoms with Gasteiger partial charge in [0.1, 0.15) is 0 Å². The summed E-state index contributed by atoms with van der Waals surface area (Å²) in [6.07, 6.45) is -2.41. The number of halogens is 3. The number of hydrogen-bond donors (Lipinski definition) is 0. The van der Waals surface area contributed by atoms with E-state index in [1.54, 1.807) is 6.92 Å². The summed E-state index contributed by atoms with van der Waals surface area (Å²) in [6, 6.07) is 0. The number of nitrogens with zero attached hydrogens (tertiary/aromatic N) is 3. The summed E-state index contributed by atoms with van der Waals surface area (Å²) < 4.78 is 47.5. The normalized spacial score (nSPS) is 12.3. The Morgan fingerprint density at radius 3 is 2.47 bits per heavy atom. The van der Waals surface area contributed by atoms with Gasteiger partial charge in [0.2, 0.25) is 5.82 Å². The molecule has 0 saturated carbocycles. The average Bonchev–Trinajstić information content (AvgIpc) is 2.47. The van der Waals surface area contributed by atoms with E-state index in [1.807, 2.05) is 0 Å². The fraction of sp³-hybridized carbons (Fsp3) is 0.667. The van der Waals surface area contributed by atoms with Gasteiger partial charge in [0.25, 0.3) is 20.6 Å². The first kappa shape index (κ1) is 12.3. The van der Waals surface area contributed by atoms with Crippen LogP contribution in [0.4, 0.5) is 8.78 Å². The third kappa shape index (κ3) is 2.63. The molecule has 0 fully saturated rings. The van der Waals surface area contributed by atoms with Crippen LogP contribution in [0.15, 0.2) is 5.16 Å². The van der Waals surface area contributed by atoms with E-state index in [2.05, 4.69) is 10.2 Å². The van der Waals surface area contributed by atoms with Gasteiger partial charge in [-0.2, -0.15) is 0 Å². The number of aromatic nitrogens is 3.